The summed E-state index contributed by atoms with van der Waals surface area (Å²) in [6.07, 6.45) is -0.0313. The van der Waals surface area contributed by atoms with Gasteiger partial charge in [-0.05, 0) is 42.3 Å². The van der Waals surface area contributed by atoms with E-state index in [0.29, 0.717) is 5.75 Å². The average Bonchev–Trinajstić information content (AvgIpc) is 2.84. The smallest absolute Gasteiger partial charge is 0.307 e. The van der Waals surface area contributed by atoms with Crippen molar-refractivity contribution in [1.82, 2.24) is 4.98 Å². The fourth-order valence-electron chi connectivity index (χ4n) is 2.74. The lowest BCUT2D eigenvalue weighted by molar-refractivity contribution is -0.136. The predicted molar refractivity (Wildman–Crippen MR) is 86.4 cm³/mol. The molecule has 0 unspecified atom stereocenters. The van der Waals surface area contributed by atoms with Crippen molar-refractivity contribution in [3.05, 3.63) is 53.6 Å². The molecular weight excluding hydrogens is 278 g/mol. The van der Waals surface area contributed by atoms with Gasteiger partial charge in [0.25, 0.3) is 0 Å². The first kappa shape index (κ1) is 14.2. The number of ether oxygens (including phenoxy) is 1. The zero-order valence-corrected chi connectivity index (χ0v) is 12.5. The lowest BCUT2D eigenvalue weighted by Gasteiger charge is -2.04. The first-order valence-electron chi connectivity index (χ1n) is 7.06. The van der Waals surface area contributed by atoms with E-state index in [2.05, 4.69) is 4.98 Å². The Bertz CT molecular complexity index is 849. The van der Waals surface area contributed by atoms with Crippen molar-refractivity contribution in [2.24, 2.45) is 0 Å². The zero-order chi connectivity index (χ0) is 15.7. The Labute approximate surface area is 128 Å². The maximum Gasteiger partial charge on any atom is 0.307 e. The van der Waals surface area contributed by atoms with Crippen LogP contribution in [-0.2, 0) is 11.2 Å². The van der Waals surface area contributed by atoms with Crippen LogP contribution in [0.2, 0.25) is 0 Å². The number of H-pyrrole nitrogens is 1. The normalized spacial score (nSPS) is 10.8. The maximum atomic E-state index is 11.3. The number of carboxylic acid groups (broad SMARTS) is 1. The second-order valence-electron chi connectivity index (χ2n) is 5.33. The van der Waals surface area contributed by atoms with E-state index in [1.165, 1.54) is 0 Å². The van der Waals surface area contributed by atoms with Gasteiger partial charge < -0.3 is 14.8 Å². The Balaban J connectivity index is 2.26. The summed E-state index contributed by atoms with van der Waals surface area (Å²) in [7, 11) is 1.60. The molecular formula is C18H17NO3. The summed E-state index contributed by atoms with van der Waals surface area (Å²) in [5.41, 5.74) is 4.68. The summed E-state index contributed by atoms with van der Waals surface area (Å²) in [6.45, 7) is 2.02. The summed E-state index contributed by atoms with van der Waals surface area (Å²) in [6, 6.07) is 13.7. The second-order valence-corrected chi connectivity index (χ2v) is 5.33. The highest BCUT2D eigenvalue weighted by Gasteiger charge is 2.16. The van der Waals surface area contributed by atoms with Crippen LogP contribution in [0.5, 0.6) is 5.75 Å². The fourth-order valence-corrected chi connectivity index (χ4v) is 2.74. The largest absolute Gasteiger partial charge is 0.497 e. The van der Waals surface area contributed by atoms with E-state index in [4.69, 9.17) is 4.74 Å². The molecule has 3 rings (SSSR count). The van der Waals surface area contributed by atoms with Crippen molar-refractivity contribution in [2.45, 2.75) is 13.3 Å². The van der Waals surface area contributed by atoms with Crippen molar-refractivity contribution in [3.8, 4) is 17.0 Å². The van der Waals surface area contributed by atoms with Crippen LogP contribution in [0.4, 0.5) is 0 Å². The first-order chi connectivity index (χ1) is 10.6. The van der Waals surface area contributed by atoms with Crippen LogP contribution in [0, 0.1) is 6.92 Å². The number of aryl methyl sites for hydroxylation is 1. The van der Waals surface area contributed by atoms with Crippen molar-refractivity contribution >= 4 is 16.9 Å². The third kappa shape index (κ3) is 2.55. The van der Waals surface area contributed by atoms with Crippen LogP contribution < -0.4 is 4.74 Å². The molecule has 0 aliphatic rings. The third-order valence-corrected chi connectivity index (χ3v) is 3.75. The molecule has 2 aromatic carbocycles. The molecule has 0 aliphatic heterocycles. The van der Waals surface area contributed by atoms with Crippen LogP contribution in [-0.4, -0.2) is 23.2 Å². The van der Waals surface area contributed by atoms with E-state index in [1.807, 2.05) is 49.4 Å². The zero-order valence-electron chi connectivity index (χ0n) is 12.5. The molecule has 2 N–H and O–H groups in total. The summed E-state index contributed by atoms with van der Waals surface area (Å²) < 4.78 is 5.26. The number of aromatic amines is 1. The minimum atomic E-state index is -0.849. The molecule has 0 atom stereocenters. The maximum absolute atomic E-state index is 11.3. The molecule has 0 aliphatic carbocycles. The number of methoxy groups -OCH3 is 1. The summed E-state index contributed by atoms with van der Waals surface area (Å²) in [4.78, 5) is 14.6. The van der Waals surface area contributed by atoms with Crippen molar-refractivity contribution in [1.29, 1.82) is 0 Å². The average molecular weight is 295 g/mol. The molecule has 0 fully saturated rings. The number of rotatable bonds is 4. The van der Waals surface area contributed by atoms with Crippen LogP contribution in [0.15, 0.2) is 42.5 Å². The Morgan fingerprint density at radius 3 is 2.73 bits per heavy atom. The first-order valence-corrected chi connectivity index (χ1v) is 7.06. The highest BCUT2D eigenvalue weighted by Crippen LogP contribution is 2.33. The van der Waals surface area contributed by atoms with E-state index in [0.717, 1.165) is 33.3 Å². The number of aliphatic carboxylic acids is 1. The number of benzene rings is 2. The third-order valence-electron chi connectivity index (χ3n) is 3.75. The van der Waals surface area contributed by atoms with Crippen molar-refractivity contribution < 1.29 is 14.6 Å². The summed E-state index contributed by atoms with van der Waals surface area (Å²) >= 11 is 0. The number of carboxylic acids is 1. The van der Waals surface area contributed by atoms with Gasteiger partial charge in [0, 0.05) is 10.9 Å². The molecule has 0 amide bonds. The SMILES string of the molecule is COc1ccc2[nH]c(-c3cccc(C)c3)c(CC(=O)O)c2c1. The van der Waals surface area contributed by atoms with Gasteiger partial charge in [-0.1, -0.05) is 23.8 Å². The minimum absolute atomic E-state index is 0.0313. The highest BCUT2D eigenvalue weighted by molar-refractivity contribution is 5.94. The van der Waals surface area contributed by atoms with Gasteiger partial charge in [0.15, 0.2) is 0 Å². The number of nitrogens with one attached hydrogen (secondary N) is 1. The number of carbonyl (C=O) groups is 1. The van der Waals surface area contributed by atoms with E-state index in [-0.39, 0.29) is 6.42 Å². The van der Waals surface area contributed by atoms with Gasteiger partial charge in [-0.15, -0.1) is 0 Å². The van der Waals surface area contributed by atoms with E-state index < -0.39 is 5.97 Å². The Hall–Kier alpha value is -2.75. The lowest BCUT2D eigenvalue weighted by Crippen LogP contribution is -2.01. The van der Waals surface area contributed by atoms with Gasteiger partial charge in [-0.3, -0.25) is 4.79 Å². The summed E-state index contributed by atoms with van der Waals surface area (Å²) in [5, 5.41) is 10.1. The number of fused-ring (bicyclic) bond motifs is 1. The number of aromatic nitrogens is 1. The molecule has 1 heterocycles. The monoisotopic (exact) mass is 295 g/mol. The van der Waals surface area contributed by atoms with Crippen LogP contribution in [0.25, 0.3) is 22.2 Å². The van der Waals surface area contributed by atoms with Crippen LogP contribution >= 0.6 is 0 Å². The van der Waals surface area contributed by atoms with Crippen LogP contribution in [0.3, 0.4) is 0 Å². The number of hydrogen-bond donors (Lipinski definition) is 2. The quantitative estimate of drug-likeness (QED) is 0.770. The molecule has 0 saturated heterocycles. The second kappa shape index (κ2) is 5.56. The van der Waals surface area contributed by atoms with E-state index in [1.54, 1.807) is 7.11 Å². The molecule has 22 heavy (non-hydrogen) atoms. The van der Waals surface area contributed by atoms with Gasteiger partial charge in [-0.2, -0.15) is 0 Å². The highest BCUT2D eigenvalue weighted by atomic mass is 16.5. The van der Waals surface area contributed by atoms with Crippen molar-refractivity contribution in [2.75, 3.05) is 7.11 Å². The predicted octanol–water partition coefficient (Wildman–Crippen LogP) is 3.78. The minimum Gasteiger partial charge on any atom is -0.497 e. The molecule has 0 bridgehead atoms. The molecule has 4 nitrogen and oxygen atoms in total. The van der Waals surface area contributed by atoms with Gasteiger partial charge in [0.05, 0.1) is 19.2 Å². The summed E-state index contributed by atoms with van der Waals surface area (Å²) in [5.74, 6) is -0.133. The van der Waals surface area contributed by atoms with Crippen LogP contribution in [0.1, 0.15) is 11.1 Å². The molecule has 3 aromatic rings. The van der Waals surface area contributed by atoms with E-state index in [9.17, 15) is 9.90 Å². The molecule has 0 saturated carbocycles. The standard InChI is InChI=1S/C18H17NO3/c1-11-4-3-5-12(8-11)18-15(10-17(20)21)14-9-13(22-2)6-7-16(14)19-18/h3-9,19H,10H2,1-2H3,(H,20,21). The molecule has 112 valence electrons. The number of hydrogen-bond acceptors (Lipinski definition) is 2. The molecule has 4 heteroatoms. The van der Waals surface area contributed by atoms with Gasteiger partial charge in [0.1, 0.15) is 5.75 Å². The fraction of sp³-hybridized carbons (Fsp3) is 0.167. The lowest BCUT2D eigenvalue weighted by atomic mass is 10.0. The van der Waals surface area contributed by atoms with E-state index >= 15 is 0 Å². The van der Waals surface area contributed by atoms with Gasteiger partial charge in [-0.25, -0.2) is 0 Å². The van der Waals surface area contributed by atoms with Crippen molar-refractivity contribution in [3.63, 3.8) is 0 Å². The Kier molecular flexibility index (Phi) is 3.59. The Morgan fingerprint density at radius 1 is 1.23 bits per heavy atom. The van der Waals surface area contributed by atoms with Gasteiger partial charge >= 0.3 is 5.97 Å². The topological polar surface area (TPSA) is 62.3 Å². The molecule has 0 spiro atoms. The Morgan fingerprint density at radius 2 is 2.05 bits per heavy atom. The van der Waals surface area contributed by atoms with Gasteiger partial charge in [0.2, 0.25) is 0 Å². The molecule has 0 radical (unpaired) electrons. The molecule has 1 aromatic heterocycles.